The Kier molecular flexibility index (Phi) is 5.18. The Bertz CT molecular complexity index is 945. The normalized spacial score (nSPS) is 26.3. The Morgan fingerprint density at radius 3 is 2.32 bits per heavy atom. The first kappa shape index (κ1) is 20.1. The van der Waals surface area contributed by atoms with Crippen molar-refractivity contribution in [2.75, 3.05) is 13.1 Å². The second-order valence-electron chi connectivity index (χ2n) is 9.00. The fourth-order valence-electron chi connectivity index (χ4n) is 5.34. The lowest BCUT2D eigenvalue weighted by atomic mass is 9.76. The minimum Gasteiger partial charge on any atom is -0.442 e. The number of carbonyl (C=O) groups excluding carboxylic acids is 2. The summed E-state index contributed by atoms with van der Waals surface area (Å²) < 4.78 is 6.07. The van der Waals surface area contributed by atoms with Gasteiger partial charge in [-0.2, -0.15) is 0 Å². The second-order valence-corrected chi connectivity index (χ2v) is 9.00. The summed E-state index contributed by atoms with van der Waals surface area (Å²) in [5, 5.41) is 10.7. The van der Waals surface area contributed by atoms with Gasteiger partial charge in [0.2, 0.25) is 0 Å². The number of nitrogens with zero attached hydrogens (tertiary/aromatic N) is 2. The minimum absolute atomic E-state index is 0.0955. The predicted octanol–water partition coefficient (Wildman–Crippen LogP) is 3.25. The number of hydrogen-bond donors (Lipinski definition) is 1. The zero-order valence-corrected chi connectivity index (χ0v) is 17.5. The largest absolute Gasteiger partial charge is 0.442 e. The first-order chi connectivity index (χ1) is 15.1. The number of carbonyl (C=O) groups is 2. The molecule has 2 saturated heterocycles. The minimum atomic E-state index is -0.765. The molecule has 6 heteroatoms. The third-order valence-corrected chi connectivity index (χ3v) is 7.05. The van der Waals surface area contributed by atoms with Crippen molar-refractivity contribution < 1.29 is 19.4 Å². The van der Waals surface area contributed by atoms with E-state index in [1.165, 1.54) is 0 Å². The molecule has 0 radical (unpaired) electrons. The van der Waals surface area contributed by atoms with Gasteiger partial charge in [0.25, 0.3) is 5.91 Å². The van der Waals surface area contributed by atoms with Crippen LogP contribution in [0.4, 0.5) is 4.79 Å². The summed E-state index contributed by atoms with van der Waals surface area (Å²) in [4.78, 5) is 29.5. The van der Waals surface area contributed by atoms with Gasteiger partial charge in [-0.3, -0.25) is 4.79 Å². The Labute approximate surface area is 182 Å². The van der Waals surface area contributed by atoms with Crippen LogP contribution < -0.4 is 0 Å². The topological polar surface area (TPSA) is 70.1 Å². The molecule has 2 aromatic rings. The molecule has 0 bridgehead atoms. The zero-order valence-electron chi connectivity index (χ0n) is 17.5. The molecular weight excluding hydrogens is 392 g/mol. The number of benzene rings is 2. The molecule has 2 amide bonds. The number of amides is 2. The zero-order chi connectivity index (χ0) is 21.4. The van der Waals surface area contributed by atoms with E-state index < -0.39 is 17.7 Å². The van der Waals surface area contributed by atoms with E-state index in [0.717, 1.165) is 24.8 Å². The smallest absolute Gasteiger partial charge is 0.410 e. The lowest BCUT2D eigenvalue weighted by Gasteiger charge is -2.42. The van der Waals surface area contributed by atoms with Crippen LogP contribution >= 0.6 is 0 Å². The summed E-state index contributed by atoms with van der Waals surface area (Å²) in [5.74, 6) is -0.0955. The van der Waals surface area contributed by atoms with Crippen molar-refractivity contribution in [3.05, 3.63) is 71.8 Å². The van der Waals surface area contributed by atoms with Crippen molar-refractivity contribution in [3.8, 4) is 0 Å². The molecule has 3 atom stereocenters. The van der Waals surface area contributed by atoms with Gasteiger partial charge in [-0.15, -0.1) is 0 Å². The van der Waals surface area contributed by atoms with Crippen LogP contribution in [0, 0.1) is 0 Å². The standard InChI is InChI=1S/C25H28N2O4/c28-21-17-27(23(29)19-10-5-2-6-11-19)20-12-15-26(22(20)21)24(30)31-25(13-7-14-25)16-18-8-3-1-4-9-18/h1-6,8-11,20-22,28H,7,12-17H2. The highest BCUT2D eigenvalue weighted by Gasteiger charge is 2.53. The number of aliphatic hydroxyl groups excluding tert-OH is 1. The summed E-state index contributed by atoms with van der Waals surface area (Å²) in [7, 11) is 0. The van der Waals surface area contributed by atoms with Gasteiger partial charge in [0.15, 0.2) is 0 Å². The maximum atomic E-state index is 13.2. The predicted molar refractivity (Wildman–Crippen MR) is 116 cm³/mol. The Hall–Kier alpha value is -2.86. The molecule has 3 unspecified atom stereocenters. The van der Waals surface area contributed by atoms with Crippen molar-refractivity contribution in [2.24, 2.45) is 0 Å². The summed E-state index contributed by atoms with van der Waals surface area (Å²) in [6.45, 7) is 0.729. The van der Waals surface area contributed by atoms with Crippen LogP contribution in [0.1, 0.15) is 41.6 Å². The second kappa shape index (κ2) is 8.00. The Morgan fingerprint density at radius 1 is 1.00 bits per heavy atom. The number of fused-ring (bicyclic) bond motifs is 1. The number of hydrogen-bond acceptors (Lipinski definition) is 4. The third-order valence-electron chi connectivity index (χ3n) is 7.05. The number of aliphatic hydroxyl groups is 1. The van der Waals surface area contributed by atoms with Gasteiger partial charge in [0, 0.05) is 25.1 Å². The molecule has 3 fully saturated rings. The van der Waals surface area contributed by atoms with Crippen molar-refractivity contribution >= 4 is 12.0 Å². The van der Waals surface area contributed by atoms with Crippen LogP contribution in [0.15, 0.2) is 60.7 Å². The van der Waals surface area contributed by atoms with Crippen LogP contribution in [-0.4, -0.2) is 63.8 Å². The highest BCUT2D eigenvalue weighted by molar-refractivity contribution is 5.94. The summed E-state index contributed by atoms with van der Waals surface area (Å²) in [6, 6.07) is 18.6. The van der Waals surface area contributed by atoms with E-state index in [1.54, 1.807) is 21.9 Å². The van der Waals surface area contributed by atoms with Crippen LogP contribution in [0.2, 0.25) is 0 Å². The van der Waals surface area contributed by atoms with E-state index in [0.29, 0.717) is 24.9 Å². The van der Waals surface area contributed by atoms with E-state index in [4.69, 9.17) is 4.74 Å². The molecule has 3 aliphatic rings. The first-order valence-corrected chi connectivity index (χ1v) is 11.1. The van der Waals surface area contributed by atoms with Gasteiger partial charge in [-0.25, -0.2) is 4.79 Å². The molecule has 2 aromatic carbocycles. The summed E-state index contributed by atoms with van der Waals surface area (Å²) in [5.41, 5.74) is 1.31. The van der Waals surface area contributed by atoms with Gasteiger partial charge in [-0.05, 0) is 43.4 Å². The molecule has 0 spiro atoms. The number of likely N-dealkylation sites (tertiary alicyclic amines) is 2. The molecule has 6 nitrogen and oxygen atoms in total. The number of β-amino-alcohol motifs (C(OH)–C–C–N with tert-alkyl or cyclic N) is 1. The fraction of sp³-hybridized carbons (Fsp3) is 0.440. The van der Waals surface area contributed by atoms with Crippen LogP contribution in [0.25, 0.3) is 0 Å². The Morgan fingerprint density at radius 2 is 1.68 bits per heavy atom. The molecule has 1 aliphatic carbocycles. The molecule has 0 aromatic heterocycles. The van der Waals surface area contributed by atoms with Crippen molar-refractivity contribution in [1.82, 2.24) is 9.80 Å². The van der Waals surface area contributed by atoms with Crippen molar-refractivity contribution in [1.29, 1.82) is 0 Å². The van der Waals surface area contributed by atoms with Gasteiger partial charge in [0.1, 0.15) is 5.60 Å². The molecule has 1 N–H and O–H groups in total. The SMILES string of the molecule is O=C(c1ccccc1)N1CC(O)C2C1CCN2C(=O)OC1(Cc2ccccc2)CCC1. The van der Waals surface area contributed by atoms with Crippen molar-refractivity contribution in [2.45, 2.75) is 55.9 Å². The number of ether oxygens (including phenoxy) is 1. The molecule has 31 heavy (non-hydrogen) atoms. The lowest BCUT2D eigenvalue weighted by molar-refractivity contribution is -0.0655. The maximum absolute atomic E-state index is 13.2. The van der Waals surface area contributed by atoms with Crippen molar-refractivity contribution in [3.63, 3.8) is 0 Å². The van der Waals surface area contributed by atoms with E-state index in [9.17, 15) is 14.7 Å². The van der Waals surface area contributed by atoms with E-state index in [2.05, 4.69) is 12.1 Å². The molecule has 2 aliphatic heterocycles. The maximum Gasteiger partial charge on any atom is 0.410 e. The van der Waals surface area contributed by atoms with E-state index >= 15 is 0 Å². The quantitative estimate of drug-likeness (QED) is 0.824. The Balaban J connectivity index is 1.28. The number of rotatable bonds is 4. The molecule has 2 heterocycles. The van der Waals surface area contributed by atoms with Gasteiger partial charge >= 0.3 is 6.09 Å². The monoisotopic (exact) mass is 420 g/mol. The molecule has 5 rings (SSSR count). The average molecular weight is 421 g/mol. The van der Waals surface area contributed by atoms with Crippen LogP contribution in [0.5, 0.6) is 0 Å². The highest BCUT2D eigenvalue weighted by atomic mass is 16.6. The van der Waals surface area contributed by atoms with Gasteiger partial charge in [-0.1, -0.05) is 48.5 Å². The van der Waals surface area contributed by atoms with Gasteiger partial charge in [0.05, 0.1) is 18.2 Å². The summed E-state index contributed by atoms with van der Waals surface area (Å²) >= 11 is 0. The van der Waals surface area contributed by atoms with E-state index in [-0.39, 0.29) is 24.6 Å². The third kappa shape index (κ3) is 3.69. The molecule has 162 valence electrons. The van der Waals surface area contributed by atoms with E-state index in [1.807, 2.05) is 36.4 Å². The van der Waals surface area contributed by atoms with Crippen LogP contribution in [-0.2, 0) is 11.2 Å². The first-order valence-electron chi connectivity index (χ1n) is 11.1. The highest BCUT2D eigenvalue weighted by Crippen LogP contribution is 2.41. The molecular formula is C25H28N2O4. The fourth-order valence-corrected chi connectivity index (χ4v) is 5.34. The van der Waals surface area contributed by atoms with Crippen LogP contribution in [0.3, 0.4) is 0 Å². The molecule has 1 saturated carbocycles. The average Bonchev–Trinajstić information content (AvgIpc) is 3.34. The van der Waals surface area contributed by atoms with Gasteiger partial charge < -0.3 is 19.6 Å². The summed E-state index contributed by atoms with van der Waals surface area (Å²) in [6.07, 6.45) is 3.00. The lowest BCUT2D eigenvalue weighted by Crippen LogP contribution is -2.51.